The van der Waals surface area contributed by atoms with Crippen LogP contribution in [-0.2, 0) is 6.54 Å². The highest BCUT2D eigenvalue weighted by Gasteiger charge is 2.20. The smallest absolute Gasteiger partial charge is 0.413 e. The minimum Gasteiger partial charge on any atom is -0.502 e. The Morgan fingerprint density at radius 1 is 1.31 bits per heavy atom. The molecule has 130 valence electrons. The lowest BCUT2D eigenvalue weighted by Crippen LogP contribution is -2.24. The zero-order chi connectivity index (χ0) is 18.7. The topological polar surface area (TPSA) is 117 Å². The van der Waals surface area contributed by atoms with Crippen molar-refractivity contribution in [3.8, 4) is 17.7 Å². The number of carbonyl (C=O) groups is 1. The van der Waals surface area contributed by atoms with Gasteiger partial charge < -0.3 is 19.7 Å². The fourth-order valence-corrected chi connectivity index (χ4v) is 2.56. The Morgan fingerprint density at radius 3 is 2.69 bits per heavy atom. The van der Waals surface area contributed by atoms with Crippen LogP contribution in [0.4, 0.5) is 4.79 Å². The van der Waals surface area contributed by atoms with E-state index in [1.807, 2.05) is 36.4 Å². The van der Waals surface area contributed by atoms with E-state index in [1.165, 1.54) is 23.7 Å². The number of fused-ring (bicyclic) bond motifs is 1. The molecule has 3 aromatic rings. The maximum Gasteiger partial charge on any atom is 0.413 e. The number of hydrogen-bond donors (Lipinski definition) is 2. The molecule has 0 saturated heterocycles. The molecule has 2 aromatic heterocycles. The lowest BCUT2D eigenvalue weighted by Gasteiger charge is -2.14. The lowest BCUT2D eigenvalue weighted by atomic mass is 10.1. The number of nitrogens with one attached hydrogen (secondary N) is 1. The van der Waals surface area contributed by atoms with Crippen LogP contribution < -0.4 is 15.6 Å². The first-order valence-electron chi connectivity index (χ1n) is 7.65. The van der Waals surface area contributed by atoms with Crippen LogP contribution in [0.15, 0.2) is 47.3 Å². The molecular formula is C18H14N4O4. The molecule has 0 aliphatic rings. The van der Waals surface area contributed by atoms with Crippen molar-refractivity contribution in [3.63, 3.8) is 0 Å². The number of ether oxygens (including phenoxy) is 1. The van der Waals surface area contributed by atoms with Crippen molar-refractivity contribution in [1.82, 2.24) is 14.9 Å². The van der Waals surface area contributed by atoms with Gasteiger partial charge in [0.15, 0.2) is 5.69 Å². The van der Waals surface area contributed by atoms with Crippen LogP contribution in [0.3, 0.4) is 0 Å². The van der Waals surface area contributed by atoms with E-state index in [1.54, 1.807) is 0 Å². The van der Waals surface area contributed by atoms with E-state index in [4.69, 9.17) is 4.74 Å². The Morgan fingerprint density at radius 2 is 2.04 bits per heavy atom. The second-order valence-corrected chi connectivity index (χ2v) is 5.37. The standard InChI is InChI=1S/C18H14N4O4/c1-20-18(25)26-17-16(24)15-12(13(9-19)21-17)7-8-14(23)22(15)10-11-5-3-2-4-6-11/h2-8,24H,10H2,1H3,(H,20,25). The van der Waals surface area contributed by atoms with Crippen molar-refractivity contribution < 1.29 is 14.6 Å². The summed E-state index contributed by atoms with van der Waals surface area (Å²) in [6.45, 7) is 0.166. The van der Waals surface area contributed by atoms with Gasteiger partial charge in [0.1, 0.15) is 11.6 Å². The van der Waals surface area contributed by atoms with Gasteiger partial charge in [0.25, 0.3) is 11.4 Å². The Balaban J connectivity index is 2.28. The largest absolute Gasteiger partial charge is 0.502 e. The van der Waals surface area contributed by atoms with E-state index in [9.17, 15) is 20.0 Å². The first kappa shape index (κ1) is 17.0. The van der Waals surface area contributed by atoms with Crippen LogP contribution in [-0.4, -0.2) is 27.8 Å². The third kappa shape index (κ3) is 3.06. The van der Waals surface area contributed by atoms with Crippen molar-refractivity contribution in [3.05, 3.63) is 64.1 Å². The third-order valence-electron chi connectivity index (χ3n) is 3.76. The summed E-state index contributed by atoms with van der Waals surface area (Å²) in [5.41, 5.74) is 0.452. The van der Waals surface area contributed by atoms with Crippen LogP contribution in [0, 0.1) is 11.3 Å². The number of aromatic nitrogens is 2. The third-order valence-corrected chi connectivity index (χ3v) is 3.76. The molecule has 8 heteroatoms. The fourth-order valence-electron chi connectivity index (χ4n) is 2.56. The molecule has 1 amide bonds. The second-order valence-electron chi connectivity index (χ2n) is 5.37. The van der Waals surface area contributed by atoms with Crippen LogP contribution in [0.2, 0.25) is 0 Å². The molecule has 0 unspecified atom stereocenters. The maximum atomic E-state index is 12.4. The zero-order valence-electron chi connectivity index (χ0n) is 13.8. The number of nitriles is 1. The first-order valence-corrected chi connectivity index (χ1v) is 7.65. The highest BCUT2D eigenvalue weighted by molar-refractivity contribution is 5.90. The van der Waals surface area contributed by atoms with E-state index < -0.39 is 17.7 Å². The molecule has 0 aliphatic heterocycles. The van der Waals surface area contributed by atoms with Crippen molar-refractivity contribution in [1.29, 1.82) is 5.26 Å². The lowest BCUT2D eigenvalue weighted by molar-refractivity contribution is 0.199. The molecule has 0 aliphatic carbocycles. The summed E-state index contributed by atoms with van der Waals surface area (Å²) < 4.78 is 6.22. The molecular weight excluding hydrogens is 336 g/mol. The maximum absolute atomic E-state index is 12.4. The van der Waals surface area contributed by atoms with Gasteiger partial charge in [-0.05, 0) is 11.6 Å². The zero-order valence-corrected chi connectivity index (χ0v) is 13.8. The summed E-state index contributed by atoms with van der Waals surface area (Å²) in [6.07, 6.45) is -0.857. The van der Waals surface area contributed by atoms with Gasteiger partial charge in [-0.2, -0.15) is 10.2 Å². The molecule has 1 aromatic carbocycles. The van der Waals surface area contributed by atoms with Gasteiger partial charge in [-0.25, -0.2) is 4.79 Å². The molecule has 0 atom stereocenters. The van der Waals surface area contributed by atoms with Gasteiger partial charge in [-0.1, -0.05) is 30.3 Å². The summed E-state index contributed by atoms with van der Waals surface area (Å²) in [7, 11) is 1.34. The molecule has 2 heterocycles. The number of pyridine rings is 2. The summed E-state index contributed by atoms with van der Waals surface area (Å²) in [5.74, 6) is -0.933. The number of aromatic hydroxyl groups is 1. The van der Waals surface area contributed by atoms with Crippen LogP contribution in [0.25, 0.3) is 10.9 Å². The summed E-state index contributed by atoms with van der Waals surface area (Å²) in [4.78, 5) is 27.8. The number of nitrogens with zero attached hydrogens (tertiary/aromatic N) is 3. The molecule has 2 N–H and O–H groups in total. The quantitative estimate of drug-likeness (QED) is 0.743. The van der Waals surface area contributed by atoms with Crippen molar-refractivity contribution >= 4 is 17.0 Å². The van der Waals surface area contributed by atoms with Crippen molar-refractivity contribution in [2.24, 2.45) is 0 Å². The van der Waals surface area contributed by atoms with Crippen LogP contribution >= 0.6 is 0 Å². The predicted molar refractivity (Wildman–Crippen MR) is 93.0 cm³/mol. The Labute approximate surface area is 147 Å². The highest BCUT2D eigenvalue weighted by atomic mass is 16.6. The van der Waals surface area contributed by atoms with E-state index in [2.05, 4.69) is 10.3 Å². The van der Waals surface area contributed by atoms with E-state index >= 15 is 0 Å². The second kappa shape index (κ2) is 6.94. The molecule has 26 heavy (non-hydrogen) atoms. The first-order chi connectivity index (χ1) is 12.5. The molecule has 3 rings (SSSR count). The number of benzene rings is 1. The number of rotatable bonds is 3. The number of hydrogen-bond acceptors (Lipinski definition) is 6. The molecule has 8 nitrogen and oxygen atoms in total. The monoisotopic (exact) mass is 350 g/mol. The van der Waals surface area contributed by atoms with Crippen LogP contribution in [0.1, 0.15) is 11.3 Å². The van der Waals surface area contributed by atoms with Crippen molar-refractivity contribution in [2.75, 3.05) is 7.05 Å². The van der Waals surface area contributed by atoms with E-state index in [0.717, 1.165) is 5.56 Å². The van der Waals surface area contributed by atoms with E-state index in [0.29, 0.717) is 0 Å². The van der Waals surface area contributed by atoms with Gasteiger partial charge in [-0.3, -0.25) is 4.79 Å². The summed E-state index contributed by atoms with van der Waals surface area (Å²) >= 11 is 0. The van der Waals surface area contributed by atoms with E-state index in [-0.39, 0.29) is 28.7 Å². The van der Waals surface area contributed by atoms with Crippen LogP contribution in [0.5, 0.6) is 11.6 Å². The molecule has 0 bridgehead atoms. The van der Waals surface area contributed by atoms with Gasteiger partial charge >= 0.3 is 6.09 Å². The Kier molecular flexibility index (Phi) is 4.53. The predicted octanol–water partition coefficient (Wildman–Crippen LogP) is 1.74. The number of amides is 1. The average Bonchev–Trinajstić information content (AvgIpc) is 2.66. The van der Waals surface area contributed by atoms with Gasteiger partial charge in [0, 0.05) is 18.5 Å². The fraction of sp³-hybridized carbons (Fsp3) is 0.111. The molecule has 0 fully saturated rings. The minimum absolute atomic E-state index is 0.0708. The minimum atomic E-state index is -0.857. The molecule has 0 saturated carbocycles. The molecule has 0 spiro atoms. The Bertz CT molecular complexity index is 1080. The summed E-state index contributed by atoms with van der Waals surface area (Å²) in [6, 6.07) is 13.8. The highest BCUT2D eigenvalue weighted by Crippen LogP contribution is 2.33. The summed E-state index contributed by atoms with van der Waals surface area (Å²) in [5, 5.41) is 22.4. The van der Waals surface area contributed by atoms with Gasteiger partial charge in [0.05, 0.1) is 6.54 Å². The SMILES string of the molecule is CNC(=O)Oc1nc(C#N)c2ccc(=O)n(Cc3ccccc3)c2c1O. The average molecular weight is 350 g/mol. The molecule has 0 radical (unpaired) electrons. The van der Waals surface area contributed by atoms with Gasteiger partial charge in [0.2, 0.25) is 5.75 Å². The van der Waals surface area contributed by atoms with Gasteiger partial charge in [-0.15, -0.1) is 0 Å². The number of carbonyl (C=O) groups excluding carboxylic acids is 1. The Hall–Kier alpha value is -3.86. The normalized spacial score (nSPS) is 10.3. The van der Waals surface area contributed by atoms with Crippen molar-refractivity contribution in [2.45, 2.75) is 6.54 Å².